The van der Waals surface area contributed by atoms with Gasteiger partial charge in [-0.3, -0.25) is 14.8 Å². The molecular weight excluding hydrogens is 389 g/mol. The van der Waals surface area contributed by atoms with Crippen LogP contribution in [-0.2, 0) is 0 Å². The normalized spacial score (nSPS) is 16.6. The van der Waals surface area contributed by atoms with Gasteiger partial charge in [-0.25, -0.2) is 9.37 Å². The smallest absolute Gasteiger partial charge is 0.277 e. The highest BCUT2D eigenvalue weighted by molar-refractivity contribution is 7.14. The van der Waals surface area contributed by atoms with Gasteiger partial charge >= 0.3 is 0 Å². The van der Waals surface area contributed by atoms with Gasteiger partial charge in [-0.2, -0.15) is 5.10 Å². The molecule has 1 atom stereocenters. The third kappa shape index (κ3) is 4.35. The van der Waals surface area contributed by atoms with Crippen molar-refractivity contribution in [2.75, 3.05) is 18.4 Å². The lowest BCUT2D eigenvalue weighted by atomic mass is 10.1. The number of aromatic nitrogens is 3. The molecule has 1 amide bonds. The highest BCUT2D eigenvalue weighted by atomic mass is 35.5. The Morgan fingerprint density at radius 2 is 2.19 bits per heavy atom. The summed E-state index contributed by atoms with van der Waals surface area (Å²) in [6.07, 6.45) is 3.98. The first-order chi connectivity index (χ1) is 12.7. The van der Waals surface area contributed by atoms with Crippen LogP contribution in [0.15, 0.2) is 41.9 Å². The molecule has 1 aromatic carbocycles. The monoisotopic (exact) mass is 407 g/mol. The largest absolute Gasteiger partial charge is 0.315 e. The van der Waals surface area contributed by atoms with E-state index in [2.05, 4.69) is 20.7 Å². The van der Waals surface area contributed by atoms with Gasteiger partial charge in [-0.15, -0.1) is 23.7 Å². The number of hydrogen-bond acceptors (Lipinski definition) is 5. The molecule has 1 aliphatic rings. The lowest BCUT2D eigenvalue weighted by Crippen LogP contribution is -2.32. The van der Waals surface area contributed by atoms with Crippen LogP contribution in [-0.4, -0.2) is 33.8 Å². The fraction of sp³-hybridized carbons (Fsp3) is 0.278. The summed E-state index contributed by atoms with van der Waals surface area (Å²) in [6.45, 7) is 1.89. The standard InChI is InChI=1S/C18H18FN5OS.ClH/c19-14-6-2-1-5-13(14)16-11-26-18(21-16)22-17(25)15-7-9-24(23-15)12-4-3-8-20-10-12;/h1-2,5-7,9,11-12,20H,3-4,8,10H2,(H,21,22,25);1H. The van der Waals surface area contributed by atoms with E-state index in [1.54, 1.807) is 29.6 Å². The lowest BCUT2D eigenvalue weighted by Gasteiger charge is -2.22. The molecule has 0 radical (unpaired) electrons. The van der Waals surface area contributed by atoms with E-state index >= 15 is 0 Å². The van der Waals surface area contributed by atoms with E-state index in [9.17, 15) is 9.18 Å². The van der Waals surface area contributed by atoms with E-state index in [1.165, 1.54) is 17.4 Å². The summed E-state index contributed by atoms with van der Waals surface area (Å²) in [7, 11) is 0. The summed E-state index contributed by atoms with van der Waals surface area (Å²) in [5.41, 5.74) is 1.26. The second kappa shape index (κ2) is 8.60. The third-order valence-electron chi connectivity index (χ3n) is 4.36. The number of halogens is 2. The number of nitrogens with zero attached hydrogens (tertiary/aromatic N) is 3. The molecule has 0 bridgehead atoms. The molecule has 1 saturated heterocycles. The van der Waals surface area contributed by atoms with Gasteiger partial charge in [0.05, 0.1) is 11.7 Å². The van der Waals surface area contributed by atoms with Gasteiger partial charge in [0.1, 0.15) is 5.82 Å². The molecule has 4 rings (SSSR count). The van der Waals surface area contributed by atoms with Crippen molar-refractivity contribution in [2.24, 2.45) is 0 Å². The molecule has 1 aliphatic heterocycles. The number of amides is 1. The van der Waals surface area contributed by atoms with Gasteiger partial charge in [-0.05, 0) is 37.6 Å². The minimum absolute atomic E-state index is 0. The zero-order valence-corrected chi connectivity index (χ0v) is 16.0. The van der Waals surface area contributed by atoms with Gasteiger partial charge in [0.15, 0.2) is 10.8 Å². The van der Waals surface area contributed by atoms with Gasteiger partial charge in [0.25, 0.3) is 5.91 Å². The molecule has 0 aliphatic carbocycles. The Balaban J connectivity index is 0.00000210. The van der Waals surface area contributed by atoms with Crippen LogP contribution < -0.4 is 10.6 Å². The van der Waals surface area contributed by atoms with E-state index in [0.717, 1.165) is 25.9 Å². The highest BCUT2D eigenvalue weighted by Crippen LogP contribution is 2.27. The molecule has 142 valence electrons. The predicted molar refractivity (Wildman–Crippen MR) is 106 cm³/mol. The van der Waals surface area contributed by atoms with Crippen molar-refractivity contribution in [3.63, 3.8) is 0 Å². The minimum atomic E-state index is -0.337. The summed E-state index contributed by atoms with van der Waals surface area (Å²) in [5, 5.41) is 12.6. The van der Waals surface area contributed by atoms with E-state index in [1.807, 2.05) is 10.9 Å². The van der Waals surface area contributed by atoms with Crippen molar-refractivity contribution in [3.05, 3.63) is 53.4 Å². The summed E-state index contributed by atoms with van der Waals surface area (Å²) in [6, 6.07) is 8.41. The first kappa shape index (κ1) is 19.5. The Morgan fingerprint density at radius 3 is 2.96 bits per heavy atom. The summed E-state index contributed by atoms with van der Waals surface area (Å²) < 4.78 is 15.7. The maximum absolute atomic E-state index is 13.9. The fourth-order valence-electron chi connectivity index (χ4n) is 3.01. The Hall–Kier alpha value is -2.29. The Morgan fingerprint density at radius 1 is 1.33 bits per heavy atom. The van der Waals surface area contributed by atoms with E-state index < -0.39 is 0 Å². The molecular formula is C18H19ClFN5OS. The van der Waals surface area contributed by atoms with Crippen LogP contribution in [0, 0.1) is 5.82 Å². The van der Waals surface area contributed by atoms with Crippen LogP contribution >= 0.6 is 23.7 Å². The number of rotatable bonds is 4. The van der Waals surface area contributed by atoms with Crippen molar-refractivity contribution < 1.29 is 9.18 Å². The van der Waals surface area contributed by atoms with E-state index in [4.69, 9.17) is 0 Å². The Labute approximate surface area is 166 Å². The van der Waals surface area contributed by atoms with Gasteiger partial charge in [0, 0.05) is 23.7 Å². The molecule has 0 saturated carbocycles. The molecule has 1 fully saturated rings. The van der Waals surface area contributed by atoms with Crippen molar-refractivity contribution in [1.29, 1.82) is 0 Å². The van der Waals surface area contributed by atoms with Crippen LogP contribution in [0.3, 0.4) is 0 Å². The average molecular weight is 408 g/mol. The van der Waals surface area contributed by atoms with Crippen molar-refractivity contribution in [2.45, 2.75) is 18.9 Å². The number of benzene rings is 1. The second-order valence-corrected chi connectivity index (χ2v) is 7.01. The van der Waals surface area contributed by atoms with Gasteiger partial charge in [-0.1, -0.05) is 12.1 Å². The molecule has 27 heavy (non-hydrogen) atoms. The number of piperidine rings is 1. The summed E-state index contributed by atoms with van der Waals surface area (Å²) in [4.78, 5) is 16.7. The van der Waals surface area contributed by atoms with E-state index in [0.29, 0.717) is 22.1 Å². The Kier molecular flexibility index (Phi) is 6.20. The van der Waals surface area contributed by atoms with Crippen LogP contribution in [0.25, 0.3) is 11.3 Å². The molecule has 0 spiro atoms. The van der Waals surface area contributed by atoms with Crippen LogP contribution in [0.4, 0.5) is 9.52 Å². The minimum Gasteiger partial charge on any atom is -0.315 e. The number of thiazole rings is 1. The summed E-state index contributed by atoms with van der Waals surface area (Å²) >= 11 is 1.26. The molecule has 3 heterocycles. The first-order valence-electron chi connectivity index (χ1n) is 8.48. The molecule has 6 nitrogen and oxygen atoms in total. The highest BCUT2D eigenvalue weighted by Gasteiger charge is 2.18. The van der Waals surface area contributed by atoms with Crippen molar-refractivity contribution >= 4 is 34.8 Å². The maximum atomic E-state index is 13.9. The van der Waals surface area contributed by atoms with Crippen molar-refractivity contribution in [3.8, 4) is 11.3 Å². The van der Waals surface area contributed by atoms with E-state index in [-0.39, 0.29) is 30.2 Å². The van der Waals surface area contributed by atoms with Crippen LogP contribution in [0.5, 0.6) is 0 Å². The third-order valence-corrected chi connectivity index (χ3v) is 5.12. The van der Waals surface area contributed by atoms with Crippen LogP contribution in [0.2, 0.25) is 0 Å². The molecule has 2 N–H and O–H groups in total. The number of carbonyl (C=O) groups excluding carboxylic acids is 1. The number of carbonyl (C=O) groups is 1. The van der Waals surface area contributed by atoms with Crippen LogP contribution in [0.1, 0.15) is 29.4 Å². The quantitative estimate of drug-likeness (QED) is 0.691. The Bertz CT molecular complexity index is 922. The zero-order chi connectivity index (χ0) is 17.9. The number of hydrogen-bond donors (Lipinski definition) is 2. The first-order valence-corrected chi connectivity index (χ1v) is 9.36. The lowest BCUT2D eigenvalue weighted by molar-refractivity contribution is 0.102. The van der Waals surface area contributed by atoms with Crippen molar-refractivity contribution in [1.82, 2.24) is 20.1 Å². The zero-order valence-electron chi connectivity index (χ0n) is 14.4. The molecule has 1 unspecified atom stereocenters. The van der Waals surface area contributed by atoms with Gasteiger partial charge < -0.3 is 5.32 Å². The maximum Gasteiger partial charge on any atom is 0.277 e. The predicted octanol–water partition coefficient (Wildman–Crippen LogP) is 3.74. The number of nitrogens with one attached hydrogen (secondary N) is 2. The topological polar surface area (TPSA) is 71.8 Å². The van der Waals surface area contributed by atoms with Gasteiger partial charge in [0.2, 0.25) is 0 Å². The SMILES string of the molecule is Cl.O=C(Nc1nc(-c2ccccc2F)cs1)c1ccn(C2CCCNC2)n1. The number of anilines is 1. The molecule has 9 heteroatoms. The second-order valence-electron chi connectivity index (χ2n) is 6.15. The average Bonchev–Trinajstić information content (AvgIpc) is 3.33. The molecule has 3 aromatic rings. The summed E-state index contributed by atoms with van der Waals surface area (Å²) in [5.74, 6) is -0.655. The fourth-order valence-corrected chi connectivity index (χ4v) is 3.71. The molecule has 2 aromatic heterocycles.